The zero-order valence-corrected chi connectivity index (χ0v) is 18.5. The van der Waals surface area contributed by atoms with Crippen LogP contribution in [0.5, 0.6) is 0 Å². The van der Waals surface area contributed by atoms with Gasteiger partial charge in [0.05, 0.1) is 51.8 Å². The molecule has 0 aromatic heterocycles. The van der Waals surface area contributed by atoms with Crippen LogP contribution in [0.4, 0.5) is 0 Å². The summed E-state index contributed by atoms with van der Waals surface area (Å²) in [6.07, 6.45) is -4.62. The lowest BCUT2D eigenvalue weighted by Crippen LogP contribution is -2.57. The van der Waals surface area contributed by atoms with Gasteiger partial charge in [0, 0.05) is 18.9 Å². The van der Waals surface area contributed by atoms with Crippen LogP contribution in [0.1, 0.15) is 13.3 Å². The first kappa shape index (κ1) is 25.5. The molecule has 3 N–H and O–H groups in total. The van der Waals surface area contributed by atoms with Gasteiger partial charge >= 0.3 is 0 Å². The maximum Gasteiger partial charge on any atom is 0.198 e. The number of aliphatic hydroxyl groups excluding tert-OH is 3. The van der Waals surface area contributed by atoms with Gasteiger partial charge in [0.25, 0.3) is 0 Å². The molecule has 0 aliphatic carbocycles. The van der Waals surface area contributed by atoms with Crippen molar-refractivity contribution in [3.63, 3.8) is 0 Å². The minimum atomic E-state index is -0.906. The highest BCUT2D eigenvalue weighted by atomic mass is 32.2. The fourth-order valence-electron chi connectivity index (χ4n) is 4.40. The molecule has 2 bridgehead atoms. The van der Waals surface area contributed by atoms with E-state index in [1.807, 2.05) is 6.92 Å². The first-order valence-electron chi connectivity index (χ1n) is 10.2. The molecule has 0 spiro atoms. The molecule has 13 heteroatoms. The second-order valence-electron chi connectivity index (χ2n) is 7.66. The van der Waals surface area contributed by atoms with Gasteiger partial charge in [-0.15, -0.1) is 4.33 Å². The van der Waals surface area contributed by atoms with E-state index < -0.39 is 42.9 Å². The Labute approximate surface area is 185 Å². The summed E-state index contributed by atoms with van der Waals surface area (Å²) in [5.41, 5.74) is 0. The summed E-state index contributed by atoms with van der Waals surface area (Å²) >= 11 is 0.530. The van der Waals surface area contributed by atoms with E-state index in [1.54, 1.807) is 0 Å². The molecule has 0 aromatic carbocycles. The van der Waals surface area contributed by atoms with E-state index in [4.69, 9.17) is 27.9 Å². The summed E-state index contributed by atoms with van der Waals surface area (Å²) in [4.78, 5) is 4.30. The summed E-state index contributed by atoms with van der Waals surface area (Å²) in [5.74, 6) is -0.497. The van der Waals surface area contributed by atoms with Gasteiger partial charge in [0.2, 0.25) is 0 Å². The van der Waals surface area contributed by atoms with Crippen molar-refractivity contribution in [3.8, 4) is 0 Å². The third-order valence-electron chi connectivity index (χ3n) is 5.98. The molecule has 3 aliphatic rings. The third kappa shape index (κ3) is 5.87. The van der Waals surface area contributed by atoms with E-state index in [0.717, 1.165) is 0 Å². The van der Waals surface area contributed by atoms with Crippen LogP contribution in [-0.4, -0.2) is 105 Å². The van der Waals surface area contributed by atoms with Gasteiger partial charge in [-0.05, 0) is 6.42 Å². The second kappa shape index (κ2) is 12.4. The largest absolute Gasteiger partial charge is 0.394 e. The summed E-state index contributed by atoms with van der Waals surface area (Å²) in [6.45, 7) is 2.30. The summed E-state index contributed by atoms with van der Waals surface area (Å²) in [6, 6.07) is 0. The molecule has 4 unspecified atom stereocenters. The number of hydrogen-bond donors (Lipinski definition) is 3. The van der Waals surface area contributed by atoms with Gasteiger partial charge in [-0.25, -0.2) is 4.89 Å². The number of hydrogen-bond acceptors (Lipinski definition) is 13. The molecule has 12 nitrogen and oxygen atoms in total. The van der Waals surface area contributed by atoms with Crippen molar-refractivity contribution in [2.75, 3.05) is 40.6 Å². The fourth-order valence-corrected chi connectivity index (χ4v) is 4.87. The molecule has 3 heterocycles. The normalized spacial score (nSPS) is 42.8. The molecular formula is C18H32O12S. The summed E-state index contributed by atoms with van der Waals surface area (Å²) in [7, 11) is 2.75. The van der Waals surface area contributed by atoms with Gasteiger partial charge in [0.1, 0.15) is 24.4 Å². The van der Waals surface area contributed by atoms with Crippen LogP contribution in [0, 0.1) is 11.8 Å². The van der Waals surface area contributed by atoms with Gasteiger partial charge in [0.15, 0.2) is 18.6 Å². The Morgan fingerprint density at radius 3 is 2.52 bits per heavy atom. The second-order valence-corrected chi connectivity index (χ2v) is 8.12. The molecular weight excluding hydrogens is 440 g/mol. The Kier molecular flexibility index (Phi) is 10.2. The Morgan fingerprint density at radius 1 is 1.03 bits per heavy atom. The first-order chi connectivity index (χ1) is 15.0. The lowest BCUT2D eigenvalue weighted by atomic mass is 9.84. The predicted molar refractivity (Wildman–Crippen MR) is 103 cm³/mol. The Morgan fingerprint density at radius 2 is 1.84 bits per heavy atom. The van der Waals surface area contributed by atoms with Crippen LogP contribution in [-0.2, 0) is 42.1 Å². The lowest BCUT2D eigenvalue weighted by Gasteiger charge is -2.43. The molecule has 10 atom stereocenters. The van der Waals surface area contributed by atoms with Crippen LogP contribution in [0.15, 0.2) is 0 Å². The van der Waals surface area contributed by atoms with Crippen molar-refractivity contribution in [3.05, 3.63) is 0 Å². The highest BCUT2D eigenvalue weighted by molar-refractivity contribution is 7.89. The standard InChI is InChI=1S/C18H32O12S/c1-4-9-14(20)13(26-11(5-19)16(9)28-31-30-29-23-3)7-24-6-10-12-8-25-17(10)15(21)18(22-2)27-12/h9-21H,4-8H2,1-3H3/t9-,10+,11?,12?,13+,14?,15?,16-,17-,18+/m1/s1. The van der Waals surface area contributed by atoms with Gasteiger partial charge < -0.3 is 39.0 Å². The monoisotopic (exact) mass is 472 g/mol. The minimum Gasteiger partial charge on any atom is -0.394 e. The fraction of sp³-hybridized carbons (Fsp3) is 1.00. The van der Waals surface area contributed by atoms with Crippen LogP contribution in [0.3, 0.4) is 0 Å². The lowest BCUT2D eigenvalue weighted by molar-refractivity contribution is -0.449. The van der Waals surface area contributed by atoms with Gasteiger partial charge in [-0.2, -0.15) is 0 Å². The minimum absolute atomic E-state index is 0.0943. The third-order valence-corrected chi connectivity index (χ3v) is 6.40. The first-order valence-corrected chi connectivity index (χ1v) is 10.9. The van der Waals surface area contributed by atoms with Crippen LogP contribution >= 0.6 is 12.3 Å². The van der Waals surface area contributed by atoms with E-state index in [2.05, 4.69) is 14.3 Å². The quantitative estimate of drug-likeness (QED) is 0.143. The van der Waals surface area contributed by atoms with Crippen LogP contribution in [0.2, 0.25) is 0 Å². The maximum atomic E-state index is 10.8. The molecule has 31 heavy (non-hydrogen) atoms. The van der Waals surface area contributed by atoms with Crippen molar-refractivity contribution in [2.24, 2.45) is 11.8 Å². The molecule has 0 amide bonds. The van der Waals surface area contributed by atoms with Crippen molar-refractivity contribution in [2.45, 2.75) is 62.4 Å². The van der Waals surface area contributed by atoms with Crippen LogP contribution in [0.25, 0.3) is 0 Å². The highest BCUT2D eigenvalue weighted by Crippen LogP contribution is 2.36. The topological polar surface area (TPSA) is 144 Å². The smallest absolute Gasteiger partial charge is 0.198 e. The average molecular weight is 473 g/mol. The Bertz CT molecular complexity index is 530. The molecule has 3 saturated heterocycles. The van der Waals surface area contributed by atoms with E-state index in [9.17, 15) is 15.3 Å². The zero-order chi connectivity index (χ0) is 22.4. The average Bonchev–Trinajstić information content (AvgIpc) is 3.09. The summed E-state index contributed by atoms with van der Waals surface area (Å²) in [5, 5.41) is 35.1. The number of methoxy groups -OCH3 is 1. The predicted octanol–water partition coefficient (Wildman–Crippen LogP) is -0.645. The molecule has 3 rings (SSSR count). The molecule has 182 valence electrons. The number of rotatable bonds is 12. The SMILES string of the molecule is CC[C@@H]1C(O)[C@H](COC[C@H]2C3CO[C@H]2C(O)[C@@H](OC)O3)OC(CO)[C@@H]1OSOOOC. The van der Waals surface area contributed by atoms with Crippen LogP contribution < -0.4 is 0 Å². The molecule has 0 saturated carbocycles. The molecule has 3 fully saturated rings. The Hall–Kier alpha value is -0.130. The van der Waals surface area contributed by atoms with Crippen molar-refractivity contribution < 1.29 is 57.4 Å². The Balaban J connectivity index is 1.51. The highest BCUT2D eigenvalue weighted by Gasteiger charge is 2.51. The number of ether oxygens (including phenoxy) is 5. The van der Waals surface area contributed by atoms with E-state index >= 15 is 0 Å². The molecule has 0 radical (unpaired) electrons. The van der Waals surface area contributed by atoms with E-state index in [0.29, 0.717) is 25.4 Å². The van der Waals surface area contributed by atoms with E-state index in [-0.39, 0.29) is 37.8 Å². The number of fused-ring (bicyclic) bond motifs is 2. The summed E-state index contributed by atoms with van der Waals surface area (Å²) < 4.78 is 38.3. The van der Waals surface area contributed by atoms with Gasteiger partial charge in [-0.3, -0.25) is 4.18 Å². The molecule has 3 aliphatic heterocycles. The van der Waals surface area contributed by atoms with Crippen molar-refractivity contribution in [1.82, 2.24) is 0 Å². The van der Waals surface area contributed by atoms with Crippen molar-refractivity contribution in [1.29, 1.82) is 0 Å². The zero-order valence-electron chi connectivity index (χ0n) is 17.7. The van der Waals surface area contributed by atoms with Crippen molar-refractivity contribution >= 4 is 12.3 Å². The molecule has 0 aromatic rings. The number of aliphatic hydroxyl groups is 3. The van der Waals surface area contributed by atoms with Gasteiger partial charge in [-0.1, -0.05) is 12.0 Å². The maximum absolute atomic E-state index is 10.8. The van der Waals surface area contributed by atoms with E-state index in [1.165, 1.54) is 14.2 Å².